The number of pyridine rings is 1. The minimum absolute atomic E-state index is 0.0130. The summed E-state index contributed by atoms with van der Waals surface area (Å²) in [6.45, 7) is 0. The molecule has 3 rings (SSSR count). The number of benzene rings is 1. The monoisotopic (exact) mass is 300 g/mol. The third-order valence-corrected chi connectivity index (χ3v) is 4.31. The number of rotatable bonds is 2. The van der Waals surface area contributed by atoms with Gasteiger partial charge in [-0.1, -0.05) is 35.9 Å². The van der Waals surface area contributed by atoms with Crippen molar-refractivity contribution in [3.05, 3.63) is 64.4 Å². The highest BCUT2D eigenvalue weighted by Crippen LogP contribution is 2.34. The Bertz CT molecular complexity index is 671. The zero-order chi connectivity index (χ0) is 14.8. The largest absolute Gasteiger partial charge is 0.335 e. The molecule has 1 unspecified atom stereocenters. The number of aromatic nitrogens is 1. The summed E-state index contributed by atoms with van der Waals surface area (Å²) in [5.74, 6) is -0.0130. The molecule has 3 nitrogen and oxygen atoms in total. The molecule has 0 fully saturated rings. The molecule has 1 aliphatic rings. The number of halogens is 1. The van der Waals surface area contributed by atoms with Crippen LogP contribution in [0.5, 0.6) is 0 Å². The SMILES string of the molecule is CN(C(=O)c1ccnc(Cl)c1)C1CCCc2ccccc21. The smallest absolute Gasteiger partial charge is 0.254 e. The van der Waals surface area contributed by atoms with Crippen LogP contribution in [0.15, 0.2) is 42.6 Å². The van der Waals surface area contributed by atoms with Gasteiger partial charge in [-0.25, -0.2) is 4.98 Å². The molecule has 1 heterocycles. The van der Waals surface area contributed by atoms with Crippen molar-refractivity contribution in [2.45, 2.75) is 25.3 Å². The highest BCUT2D eigenvalue weighted by molar-refractivity contribution is 6.29. The highest BCUT2D eigenvalue weighted by atomic mass is 35.5. The van der Waals surface area contributed by atoms with Gasteiger partial charge in [0.25, 0.3) is 5.91 Å². The van der Waals surface area contributed by atoms with Crippen molar-refractivity contribution < 1.29 is 4.79 Å². The Balaban J connectivity index is 1.89. The molecule has 0 aliphatic heterocycles. The van der Waals surface area contributed by atoms with Crippen molar-refractivity contribution in [2.24, 2.45) is 0 Å². The molecule has 1 aromatic heterocycles. The molecule has 0 N–H and O–H groups in total. The lowest BCUT2D eigenvalue weighted by Crippen LogP contribution is -2.33. The first-order valence-electron chi connectivity index (χ1n) is 7.13. The molecule has 0 radical (unpaired) electrons. The van der Waals surface area contributed by atoms with Gasteiger partial charge in [0, 0.05) is 18.8 Å². The van der Waals surface area contributed by atoms with Crippen LogP contribution >= 0.6 is 11.6 Å². The van der Waals surface area contributed by atoms with Crippen molar-refractivity contribution >= 4 is 17.5 Å². The van der Waals surface area contributed by atoms with Crippen LogP contribution in [0.1, 0.15) is 40.4 Å². The van der Waals surface area contributed by atoms with Gasteiger partial charge in [-0.2, -0.15) is 0 Å². The molecule has 4 heteroatoms. The van der Waals surface area contributed by atoms with E-state index in [2.05, 4.69) is 23.2 Å². The van der Waals surface area contributed by atoms with Gasteiger partial charge in [-0.3, -0.25) is 4.79 Å². The minimum atomic E-state index is -0.0130. The molecule has 0 spiro atoms. The molecular weight excluding hydrogens is 284 g/mol. The van der Waals surface area contributed by atoms with Gasteiger partial charge in [0.05, 0.1) is 6.04 Å². The maximum Gasteiger partial charge on any atom is 0.254 e. The number of carbonyl (C=O) groups is 1. The van der Waals surface area contributed by atoms with Crippen molar-refractivity contribution in [3.63, 3.8) is 0 Å². The summed E-state index contributed by atoms with van der Waals surface area (Å²) in [4.78, 5) is 18.4. The Morgan fingerprint density at radius 2 is 2.14 bits per heavy atom. The maximum atomic E-state index is 12.6. The lowest BCUT2D eigenvalue weighted by molar-refractivity contribution is 0.0715. The molecule has 21 heavy (non-hydrogen) atoms. The first-order chi connectivity index (χ1) is 10.2. The first kappa shape index (κ1) is 14.1. The zero-order valence-corrected chi connectivity index (χ0v) is 12.7. The molecule has 0 bridgehead atoms. The van der Waals surface area contributed by atoms with Gasteiger partial charge in [0.2, 0.25) is 0 Å². The van der Waals surface area contributed by atoms with E-state index in [-0.39, 0.29) is 11.9 Å². The van der Waals surface area contributed by atoms with Crippen molar-refractivity contribution in [3.8, 4) is 0 Å². The third-order valence-electron chi connectivity index (χ3n) is 4.10. The fourth-order valence-electron chi connectivity index (χ4n) is 3.01. The van der Waals surface area contributed by atoms with Gasteiger partial charge in [0.15, 0.2) is 0 Å². The predicted molar refractivity (Wildman–Crippen MR) is 83.5 cm³/mol. The maximum absolute atomic E-state index is 12.6. The van der Waals surface area contributed by atoms with Crippen molar-refractivity contribution in [1.82, 2.24) is 9.88 Å². The highest BCUT2D eigenvalue weighted by Gasteiger charge is 2.27. The molecule has 1 aliphatic carbocycles. The molecule has 1 atom stereocenters. The Morgan fingerprint density at radius 3 is 2.95 bits per heavy atom. The Kier molecular flexibility index (Phi) is 3.93. The molecule has 1 amide bonds. The van der Waals surface area contributed by atoms with Gasteiger partial charge in [-0.05, 0) is 42.5 Å². The number of nitrogens with zero attached hydrogens (tertiary/aromatic N) is 2. The van der Waals surface area contributed by atoms with E-state index in [0.29, 0.717) is 10.7 Å². The lowest BCUT2D eigenvalue weighted by Gasteiger charge is -2.33. The molecule has 108 valence electrons. The van der Waals surface area contributed by atoms with Crippen LogP contribution in [-0.2, 0) is 6.42 Å². The van der Waals surface area contributed by atoms with Gasteiger partial charge < -0.3 is 4.90 Å². The summed E-state index contributed by atoms with van der Waals surface area (Å²) in [6, 6.07) is 11.8. The fourth-order valence-corrected chi connectivity index (χ4v) is 3.19. The quantitative estimate of drug-likeness (QED) is 0.789. The van der Waals surface area contributed by atoms with E-state index in [1.165, 1.54) is 11.1 Å². The van der Waals surface area contributed by atoms with Crippen LogP contribution in [0, 0.1) is 0 Å². The zero-order valence-electron chi connectivity index (χ0n) is 11.9. The van der Waals surface area contributed by atoms with E-state index in [4.69, 9.17) is 11.6 Å². The van der Waals surface area contributed by atoms with E-state index in [0.717, 1.165) is 19.3 Å². The number of amides is 1. The second-order valence-corrected chi connectivity index (χ2v) is 5.78. The van der Waals surface area contributed by atoms with Crippen LogP contribution in [0.2, 0.25) is 5.15 Å². The molecular formula is C17H17ClN2O. The summed E-state index contributed by atoms with van der Waals surface area (Å²) < 4.78 is 0. The van der Waals surface area contributed by atoms with E-state index in [9.17, 15) is 4.79 Å². The van der Waals surface area contributed by atoms with Crippen molar-refractivity contribution in [2.75, 3.05) is 7.05 Å². The van der Waals surface area contributed by atoms with Crippen LogP contribution in [0.3, 0.4) is 0 Å². The fraction of sp³-hybridized carbons (Fsp3) is 0.294. The van der Waals surface area contributed by atoms with E-state index < -0.39 is 0 Å². The predicted octanol–water partition coefficient (Wildman–Crippen LogP) is 3.88. The first-order valence-corrected chi connectivity index (χ1v) is 7.51. The Morgan fingerprint density at radius 1 is 1.33 bits per heavy atom. The van der Waals surface area contributed by atoms with E-state index >= 15 is 0 Å². The van der Waals surface area contributed by atoms with Crippen LogP contribution in [-0.4, -0.2) is 22.8 Å². The van der Waals surface area contributed by atoms with Gasteiger partial charge in [0.1, 0.15) is 5.15 Å². The third kappa shape index (κ3) is 2.79. The standard InChI is InChI=1S/C17H17ClN2O/c1-20(17(21)13-9-10-19-16(18)11-13)15-8-4-6-12-5-2-3-7-14(12)15/h2-3,5,7,9-11,15H,4,6,8H2,1H3. The van der Waals surface area contributed by atoms with Crippen LogP contribution in [0.25, 0.3) is 0 Å². The second-order valence-electron chi connectivity index (χ2n) is 5.39. The summed E-state index contributed by atoms with van der Waals surface area (Å²) in [6.07, 6.45) is 4.77. The van der Waals surface area contributed by atoms with Crippen LogP contribution < -0.4 is 0 Å². The molecule has 0 saturated carbocycles. The van der Waals surface area contributed by atoms with Crippen LogP contribution in [0.4, 0.5) is 0 Å². The number of hydrogen-bond acceptors (Lipinski definition) is 2. The number of aryl methyl sites for hydroxylation is 1. The average Bonchev–Trinajstić information content (AvgIpc) is 2.53. The van der Waals surface area contributed by atoms with Gasteiger partial charge >= 0.3 is 0 Å². The summed E-state index contributed by atoms with van der Waals surface area (Å²) in [5.41, 5.74) is 3.20. The summed E-state index contributed by atoms with van der Waals surface area (Å²) in [5, 5.41) is 0.346. The number of carbonyl (C=O) groups excluding carboxylic acids is 1. The molecule has 2 aromatic rings. The molecule has 1 aromatic carbocycles. The number of fused-ring (bicyclic) bond motifs is 1. The summed E-state index contributed by atoms with van der Waals surface area (Å²) in [7, 11) is 1.86. The Labute approximate surface area is 129 Å². The minimum Gasteiger partial charge on any atom is -0.335 e. The Hall–Kier alpha value is -1.87. The van der Waals surface area contributed by atoms with E-state index in [1.54, 1.807) is 18.3 Å². The van der Waals surface area contributed by atoms with Crippen molar-refractivity contribution in [1.29, 1.82) is 0 Å². The normalized spacial score (nSPS) is 17.1. The average molecular weight is 301 g/mol. The second kappa shape index (κ2) is 5.86. The molecule has 0 saturated heterocycles. The lowest BCUT2D eigenvalue weighted by atomic mass is 9.87. The summed E-state index contributed by atoms with van der Waals surface area (Å²) >= 11 is 5.88. The number of hydrogen-bond donors (Lipinski definition) is 0. The van der Waals surface area contributed by atoms with Gasteiger partial charge in [-0.15, -0.1) is 0 Å². The van der Waals surface area contributed by atoms with E-state index in [1.807, 2.05) is 18.0 Å². The topological polar surface area (TPSA) is 33.2 Å².